The van der Waals surface area contributed by atoms with Crippen LogP contribution < -0.4 is 5.32 Å². The monoisotopic (exact) mass is 300 g/mol. The maximum absolute atomic E-state index is 11.8. The molecule has 2 aromatic rings. The van der Waals surface area contributed by atoms with E-state index in [0.29, 0.717) is 5.69 Å². The molecule has 0 bridgehead atoms. The lowest BCUT2D eigenvalue weighted by Gasteiger charge is -2.06. The molecule has 2 rings (SSSR count). The lowest BCUT2D eigenvalue weighted by molar-refractivity contribution is -0.402. The molecule has 0 saturated carbocycles. The van der Waals surface area contributed by atoms with Gasteiger partial charge >= 0.3 is 5.88 Å². The molecule has 1 aromatic heterocycles. The molecule has 1 N–H and O–H groups in total. The molecule has 6 nitrogen and oxygen atoms in total. The van der Waals surface area contributed by atoms with Crippen molar-refractivity contribution in [3.63, 3.8) is 0 Å². The quantitative estimate of drug-likeness (QED) is 0.691. The lowest BCUT2D eigenvalue weighted by Crippen LogP contribution is -2.11. The highest BCUT2D eigenvalue weighted by molar-refractivity contribution is 6.44. The van der Waals surface area contributed by atoms with Gasteiger partial charge in [-0.25, -0.2) is 0 Å². The van der Waals surface area contributed by atoms with Gasteiger partial charge in [0.25, 0.3) is 5.91 Å². The summed E-state index contributed by atoms with van der Waals surface area (Å²) < 4.78 is 4.76. The van der Waals surface area contributed by atoms with E-state index in [2.05, 4.69) is 5.32 Å². The topological polar surface area (TPSA) is 85.4 Å². The van der Waals surface area contributed by atoms with Crippen LogP contribution in [0.3, 0.4) is 0 Å². The zero-order valence-corrected chi connectivity index (χ0v) is 10.7. The molecule has 0 saturated heterocycles. The van der Waals surface area contributed by atoms with Crippen molar-refractivity contribution in [2.24, 2.45) is 0 Å². The van der Waals surface area contributed by atoms with Gasteiger partial charge in [0.1, 0.15) is 4.92 Å². The van der Waals surface area contributed by atoms with Crippen LogP contribution in [-0.2, 0) is 0 Å². The fraction of sp³-hybridized carbons (Fsp3) is 0. The summed E-state index contributed by atoms with van der Waals surface area (Å²) >= 11 is 11.7. The molecule has 98 valence electrons. The van der Waals surface area contributed by atoms with Gasteiger partial charge in [0.05, 0.1) is 21.8 Å². The minimum Gasteiger partial charge on any atom is -0.395 e. The largest absolute Gasteiger partial charge is 0.433 e. The third-order valence-corrected chi connectivity index (χ3v) is 3.01. The highest BCUT2D eigenvalue weighted by atomic mass is 35.5. The van der Waals surface area contributed by atoms with E-state index in [1.54, 1.807) is 18.2 Å². The first-order chi connectivity index (χ1) is 8.99. The van der Waals surface area contributed by atoms with E-state index in [9.17, 15) is 14.9 Å². The van der Waals surface area contributed by atoms with Crippen LogP contribution in [0.15, 0.2) is 34.7 Å². The molecule has 8 heteroatoms. The van der Waals surface area contributed by atoms with Crippen molar-refractivity contribution in [3.05, 3.63) is 56.3 Å². The molecule has 19 heavy (non-hydrogen) atoms. The molecule has 0 spiro atoms. The molecule has 0 radical (unpaired) electrons. The van der Waals surface area contributed by atoms with Gasteiger partial charge in [-0.05, 0) is 18.2 Å². The Morgan fingerprint density at radius 1 is 1.26 bits per heavy atom. The molecule has 0 unspecified atom stereocenters. The normalized spacial score (nSPS) is 10.2. The molecule has 1 heterocycles. The highest BCUT2D eigenvalue weighted by Crippen LogP contribution is 2.30. The zero-order chi connectivity index (χ0) is 14.0. The van der Waals surface area contributed by atoms with Crippen molar-refractivity contribution in [2.75, 3.05) is 5.32 Å². The SMILES string of the molecule is O=C(Nc1cccc(Cl)c1Cl)c1ccc([N+](=O)[O-])o1. The third-order valence-electron chi connectivity index (χ3n) is 2.20. The fourth-order valence-electron chi connectivity index (χ4n) is 1.33. The number of amides is 1. The summed E-state index contributed by atoms with van der Waals surface area (Å²) in [7, 11) is 0. The average molecular weight is 301 g/mol. The van der Waals surface area contributed by atoms with Crippen molar-refractivity contribution in [2.45, 2.75) is 0 Å². The molecule has 0 fully saturated rings. The second-order valence-corrected chi connectivity index (χ2v) is 4.24. The number of hydrogen-bond acceptors (Lipinski definition) is 4. The van der Waals surface area contributed by atoms with Gasteiger partial charge in [-0.2, -0.15) is 0 Å². The molecular formula is C11H6Cl2N2O4. The number of nitrogens with one attached hydrogen (secondary N) is 1. The number of carbonyl (C=O) groups excluding carboxylic acids is 1. The van der Waals surface area contributed by atoms with Gasteiger partial charge in [-0.1, -0.05) is 29.3 Å². The van der Waals surface area contributed by atoms with Gasteiger partial charge in [0, 0.05) is 0 Å². The predicted molar refractivity (Wildman–Crippen MR) is 69.8 cm³/mol. The van der Waals surface area contributed by atoms with Gasteiger partial charge in [0.15, 0.2) is 5.76 Å². The summed E-state index contributed by atoms with van der Waals surface area (Å²) in [6.07, 6.45) is 0. The molecule has 0 aliphatic rings. The maximum atomic E-state index is 11.8. The van der Waals surface area contributed by atoms with Crippen LogP contribution in [-0.4, -0.2) is 10.8 Å². The van der Waals surface area contributed by atoms with E-state index in [4.69, 9.17) is 27.6 Å². The Kier molecular flexibility index (Phi) is 3.73. The maximum Gasteiger partial charge on any atom is 0.433 e. The number of carbonyl (C=O) groups is 1. The van der Waals surface area contributed by atoms with E-state index in [1.165, 1.54) is 6.07 Å². The number of halogens is 2. The van der Waals surface area contributed by atoms with Crippen LogP contribution in [0.25, 0.3) is 0 Å². The molecule has 1 amide bonds. The van der Waals surface area contributed by atoms with Crippen molar-refractivity contribution in [1.82, 2.24) is 0 Å². The summed E-state index contributed by atoms with van der Waals surface area (Å²) in [6, 6.07) is 7.01. The van der Waals surface area contributed by atoms with E-state index >= 15 is 0 Å². The molecule has 0 atom stereocenters. The van der Waals surface area contributed by atoms with Gasteiger partial charge in [-0.3, -0.25) is 14.9 Å². The van der Waals surface area contributed by atoms with E-state index in [0.717, 1.165) is 6.07 Å². The van der Waals surface area contributed by atoms with Crippen molar-refractivity contribution >= 4 is 40.7 Å². The molecule has 0 aliphatic carbocycles. The number of nitrogens with zero attached hydrogens (tertiary/aromatic N) is 1. The van der Waals surface area contributed by atoms with Crippen LogP contribution in [0.4, 0.5) is 11.6 Å². The standard InChI is InChI=1S/C11H6Cl2N2O4/c12-6-2-1-3-7(10(6)13)14-11(16)8-4-5-9(19-8)15(17)18/h1-5H,(H,14,16). The second-order valence-electron chi connectivity index (χ2n) is 3.45. The van der Waals surface area contributed by atoms with Crippen molar-refractivity contribution in [3.8, 4) is 0 Å². The van der Waals surface area contributed by atoms with Crippen LogP contribution in [0.2, 0.25) is 10.0 Å². The first-order valence-corrected chi connectivity index (χ1v) is 5.74. The minimum atomic E-state index is -0.733. The fourth-order valence-corrected chi connectivity index (χ4v) is 1.68. The predicted octanol–water partition coefficient (Wildman–Crippen LogP) is 3.75. The summed E-state index contributed by atoms with van der Waals surface area (Å²) in [4.78, 5) is 21.5. The first-order valence-electron chi connectivity index (χ1n) is 4.98. The Morgan fingerprint density at radius 2 is 2.00 bits per heavy atom. The number of rotatable bonds is 3. The Morgan fingerprint density at radius 3 is 2.63 bits per heavy atom. The smallest absolute Gasteiger partial charge is 0.395 e. The summed E-state index contributed by atoms with van der Waals surface area (Å²) in [5, 5.41) is 13.3. The number of benzene rings is 1. The average Bonchev–Trinajstić information content (AvgIpc) is 2.84. The van der Waals surface area contributed by atoms with Crippen molar-refractivity contribution < 1.29 is 14.1 Å². The molecular weight excluding hydrogens is 295 g/mol. The van der Waals surface area contributed by atoms with Crippen LogP contribution in [0.1, 0.15) is 10.6 Å². The Labute approximate surface area is 117 Å². The Bertz CT molecular complexity index is 654. The summed E-state index contributed by atoms with van der Waals surface area (Å²) in [5.74, 6) is -1.36. The molecule has 0 aliphatic heterocycles. The lowest BCUT2D eigenvalue weighted by atomic mass is 10.3. The number of nitro groups is 1. The van der Waals surface area contributed by atoms with Crippen LogP contribution in [0, 0.1) is 10.1 Å². The Balaban J connectivity index is 2.21. The molecule has 1 aromatic carbocycles. The minimum absolute atomic E-state index is 0.179. The third kappa shape index (κ3) is 2.86. The van der Waals surface area contributed by atoms with Crippen molar-refractivity contribution in [1.29, 1.82) is 0 Å². The first kappa shape index (κ1) is 13.4. The zero-order valence-electron chi connectivity index (χ0n) is 9.22. The van der Waals surface area contributed by atoms with Crippen LogP contribution in [0.5, 0.6) is 0 Å². The summed E-state index contributed by atoms with van der Waals surface area (Å²) in [5.41, 5.74) is 0.290. The van der Waals surface area contributed by atoms with Crippen LogP contribution >= 0.6 is 23.2 Å². The second kappa shape index (κ2) is 5.29. The van der Waals surface area contributed by atoms with E-state index in [1.807, 2.05) is 0 Å². The number of furan rings is 1. The van der Waals surface area contributed by atoms with Gasteiger partial charge < -0.3 is 9.73 Å². The van der Waals surface area contributed by atoms with E-state index in [-0.39, 0.29) is 15.8 Å². The Hall–Kier alpha value is -2.05. The highest BCUT2D eigenvalue weighted by Gasteiger charge is 2.18. The van der Waals surface area contributed by atoms with E-state index < -0.39 is 16.7 Å². The van der Waals surface area contributed by atoms with Gasteiger partial charge in [0.2, 0.25) is 0 Å². The van der Waals surface area contributed by atoms with Gasteiger partial charge in [-0.15, -0.1) is 0 Å². The number of hydrogen-bond donors (Lipinski definition) is 1. The number of anilines is 1. The summed E-state index contributed by atoms with van der Waals surface area (Å²) in [6.45, 7) is 0.